The van der Waals surface area contributed by atoms with Crippen LogP contribution < -0.4 is 5.32 Å². The van der Waals surface area contributed by atoms with Gasteiger partial charge in [-0.2, -0.15) is 0 Å². The minimum atomic E-state index is 0.304. The molecule has 3 nitrogen and oxygen atoms in total. The van der Waals surface area contributed by atoms with Gasteiger partial charge in [0.05, 0.1) is 0 Å². The molecule has 0 aliphatic heterocycles. The summed E-state index contributed by atoms with van der Waals surface area (Å²) in [6.45, 7) is 5.31. The number of pyridine rings is 2. The van der Waals surface area contributed by atoms with E-state index >= 15 is 0 Å². The molecule has 0 bridgehead atoms. The average Bonchev–Trinajstić information content (AvgIpc) is 2.45. The molecule has 2 rings (SSSR count). The van der Waals surface area contributed by atoms with Crippen molar-refractivity contribution in [2.24, 2.45) is 0 Å². The van der Waals surface area contributed by atoms with E-state index in [4.69, 9.17) is 0 Å². The lowest BCUT2D eigenvalue weighted by molar-refractivity contribution is 0.522. The van der Waals surface area contributed by atoms with Crippen molar-refractivity contribution in [3.8, 4) is 0 Å². The number of nitrogens with one attached hydrogen (secondary N) is 1. The van der Waals surface area contributed by atoms with Gasteiger partial charge in [-0.3, -0.25) is 9.97 Å². The van der Waals surface area contributed by atoms with Crippen LogP contribution in [0.4, 0.5) is 0 Å². The second kappa shape index (κ2) is 7.00. The van der Waals surface area contributed by atoms with E-state index in [9.17, 15) is 0 Å². The van der Waals surface area contributed by atoms with Crippen molar-refractivity contribution < 1.29 is 0 Å². The Hall–Kier alpha value is -1.74. The molecule has 0 fully saturated rings. The van der Waals surface area contributed by atoms with Crippen molar-refractivity contribution in [2.45, 2.75) is 32.7 Å². The van der Waals surface area contributed by atoms with Gasteiger partial charge in [0.15, 0.2) is 0 Å². The predicted octanol–water partition coefficient (Wildman–Crippen LogP) is 3.07. The molecule has 19 heavy (non-hydrogen) atoms. The van der Waals surface area contributed by atoms with Gasteiger partial charge in [-0.1, -0.05) is 13.0 Å². The molecule has 0 saturated carbocycles. The number of aryl methyl sites for hydroxylation is 1. The average molecular weight is 255 g/mol. The van der Waals surface area contributed by atoms with E-state index in [1.54, 1.807) is 0 Å². The quantitative estimate of drug-likeness (QED) is 0.862. The molecule has 0 aromatic carbocycles. The zero-order chi connectivity index (χ0) is 13.5. The topological polar surface area (TPSA) is 37.8 Å². The molecule has 0 radical (unpaired) electrons. The van der Waals surface area contributed by atoms with Crippen molar-refractivity contribution in [3.05, 3.63) is 59.7 Å². The Labute approximate surface area is 115 Å². The summed E-state index contributed by atoms with van der Waals surface area (Å²) in [5, 5.41) is 3.61. The molecule has 3 heteroatoms. The second-order valence-electron chi connectivity index (χ2n) is 4.76. The second-order valence-corrected chi connectivity index (χ2v) is 4.76. The zero-order valence-electron chi connectivity index (χ0n) is 11.6. The maximum Gasteiger partial charge on any atom is 0.0422 e. The van der Waals surface area contributed by atoms with Gasteiger partial charge in [-0.15, -0.1) is 0 Å². The third kappa shape index (κ3) is 3.86. The first kappa shape index (κ1) is 13.7. The lowest BCUT2D eigenvalue weighted by Gasteiger charge is -2.20. The molecule has 0 spiro atoms. The van der Waals surface area contributed by atoms with Crippen molar-refractivity contribution >= 4 is 0 Å². The molecule has 0 amide bonds. The molecular weight excluding hydrogens is 234 g/mol. The van der Waals surface area contributed by atoms with Crippen LogP contribution >= 0.6 is 0 Å². The third-order valence-corrected chi connectivity index (χ3v) is 3.22. The standard InChI is InChI=1S/C16H21N3/c1-3-8-19-16(11-14-6-4-5-9-18-14)15-7-10-17-12-13(15)2/h4-7,9-10,12,16,19H,3,8,11H2,1-2H3. The van der Waals surface area contributed by atoms with Crippen LogP contribution in [0.15, 0.2) is 42.9 Å². The van der Waals surface area contributed by atoms with Crippen LogP contribution in [0.1, 0.15) is 36.2 Å². The number of aromatic nitrogens is 2. The number of hydrogen-bond acceptors (Lipinski definition) is 3. The molecule has 0 aliphatic rings. The third-order valence-electron chi connectivity index (χ3n) is 3.22. The zero-order valence-corrected chi connectivity index (χ0v) is 11.6. The van der Waals surface area contributed by atoms with E-state index in [1.165, 1.54) is 11.1 Å². The van der Waals surface area contributed by atoms with Crippen LogP contribution in [0.25, 0.3) is 0 Å². The van der Waals surface area contributed by atoms with Gasteiger partial charge >= 0.3 is 0 Å². The first-order valence-electron chi connectivity index (χ1n) is 6.85. The van der Waals surface area contributed by atoms with Gasteiger partial charge in [-0.25, -0.2) is 0 Å². The summed E-state index contributed by atoms with van der Waals surface area (Å²) < 4.78 is 0. The summed E-state index contributed by atoms with van der Waals surface area (Å²) in [5.74, 6) is 0. The smallest absolute Gasteiger partial charge is 0.0422 e. The van der Waals surface area contributed by atoms with E-state index in [-0.39, 0.29) is 0 Å². The van der Waals surface area contributed by atoms with Gasteiger partial charge < -0.3 is 5.32 Å². The van der Waals surface area contributed by atoms with Gasteiger partial charge in [0, 0.05) is 36.7 Å². The van der Waals surface area contributed by atoms with Crippen LogP contribution in [-0.2, 0) is 6.42 Å². The molecule has 2 heterocycles. The Morgan fingerprint density at radius 3 is 2.79 bits per heavy atom. The fraction of sp³-hybridized carbons (Fsp3) is 0.375. The molecular formula is C16H21N3. The molecule has 100 valence electrons. The summed E-state index contributed by atoms with van der Waals surface area (Å²) in [5.41, 5.74) is 3.66. The van der Waals surface area contributed by atoms with Gasteiger partial charge in [0.25, 0.3) is 0 Å². The van der Waals surface area contributed by atoms with E-state index in [0.717, 1.165) is 25.1 Å². The Morgan fingerprint density at radius 1 is 1.21 bits per heavy atom. The van der Waals surface area contributed by atoms with Crippen molar-refractivity contribution in [2.75, 3.05) is 6.54 Å². The molecule has 1 N–H and O–H groups in total. The Balaban J connectivity index is 2.19. The highest BCUT2D eigenvalue weighted by atomic mass is 14.9. The maximum absolute atomic E-state index is 4.43. The van der Waals surface area contributed by atoms with E-state index in [1.807, 2.05) is 30.7 Å². The van der Waals surface area contributed by atoms with Gasteiger partial charge in [0.1, 0.15) is 0 Å². The van der Waals surface area contributed by atoms with Crippen molar-refractivity contribution in [1.29, 1.82) is 0 Å². The predicted molar refractivity (Wildman–Crippen MR) is 77.9 cm³/mol. The van der Waals surface area contributed by atoms with Crippen LogP contribution in [-0.4, -0.2) is 16.5 Å². The molecule has 0 saturated heterocycles. The molecule has 0 aliphatic carbocycles. The normalized spacial score (nSPS) is 12.3. The lowest BCUT2D eigenvalue weighted by atomic mass is 9.99. The van der Waals surface area contributed by atoms with Crippen LogP contribution in [0, 0.1) is 6.92 Å². The highest BCUT2D eigenvalue weighted by Gasteiger charge is 2.14. The SMILES string of the molecule is CCCNC(Cc1ccccn1)c1ccncc1C. The molecule has 2 aromatic rings. The number of rotatable bonds is 6. The highest BCUT2D eigenvalue weighted by molar-refractivity contribution is 5.26. The van der Waals surface area contributed by atoms with Crippen molar-refractivity contribution in [1.82, 2.24) is 15.3 Å². The number of hydrogen-bond donors (Lipinski definition) is 1. The fourth-order valence-corrected chi connectivity index (χ4v) is 2.21. The lowest BCUT2D eigenvalue weighted by Crippen LogP contribution is -2.25. The van der Waals surface area contributed by atoms with E-state index < -0.39 is 0 Å². The van der Waals surface area contributed by atoms with Crippen LogP contribution in [0.5, 0.6) is 0 Å². The minimum Gasteiger partial charge on any atom is -0.310 e. The number of nitrogens with zero attached hydrogens (tertiary/aromatic N) is 2. The Bertz CT molecular complexity index is 496. The largest absolute Gasteiger partial charge is 0.310 e. The minimum absolute atomic E-state index is 0.304. The van der Waals surface area contributed by atoms with E-state index in [2.05, 4.69) is 41.3 Å². The highest BCUT2D eigenvalue weighted by Crippen LogP contribution is 2.20. The summed E-state index contributed by atoms with van der Waals surface area (Å²) in [4.78, 5) is 8.60. The first-order valence-corrected chi connectivity index (χ1v) is 6.85. The molecule has 1 atom stereocenters. The van der Waals surface area contributed by atoms with Crippen molar-refractivity contribution in [3.63, 3.8) is 0 Å². The Morgan fingerprint density at radius 2 is 2.11 bits per heavy atom. The Kier molecular flexibility index (Phi) is 5.04. The maximum atomic E-state index is 4.43. The fourth-order valence-electron chi connectivity index (χ4n) is 2.21. The molecule has 1 unspecified atom stereocenters. The molecule has 2 aromatic heterocycles. The summed E-state index contributed by atoms with van der Waals surface area (Å²) >= 11 is 0. The van der Waals surface area contributed by atoms with Gasteiger partial charge in [-0.05, 0) is 49.2 Å². The first-order chi connectivity index (χ1) is 9.31. The van der Waals surface area contributed by atoms with Crippen LogP contribution in [0.2, 0.25) is 0 Å². The van der Waals surface area contributed by atoms with Crippen LogP contribution in [0.3, 0.4) is 0 Å². The monoisotopic (exact) mass is 255 g/mol. The van der Waals surface area contributed by atoms with Gasteiger partial charge in [0.2, 0.25) is 0 Å². The van der Waals surface area contributed by atoms with E-state index in [0.29, 0.717) is 6.04 Å². The summed E-state index contributed by atoms with van der Waals surface area (Å²) in [7, 11) is 0. The summed E-state index contributed by atoms with van der Waals surface area (Å²) in [6, 6.07) is 8.48. The summed E-state index contributed by atoms with van der Waals surface area (Å²) in [6.07, 6.45) is 7.68.